The van der Waals surface area contributed by atoms with Crippen molar-refractivity contribution in [1.29, 1.82) is 0 Å². The topological polar surface area (TPSA) is 20.2 Å². The molecule has 104 valence electrons. The van der Waals surface area contributed by atoms with Crippen LogP contribution in [-0.4, -0.2) is 10.7 Å². The first kappa shape index (κ1) is 13.2. The smallest absolute Gasteiger partial charge is 0.0676 e. The molecule has 0 radical (unpaired) electrons. The van der Waals surface area contributed by atoms with E-state index in [1.807, 2.05) is 0 Å². The van der Waals surface area contributed by atoms with Crippen molar-refractivity contribution >= 4 is 0 Å². The Kier molecular flexibility index (Phi) is 3.93. The second-order valence-corrected chi connectivity index (χ2v) is 6.62. The van der Waals surface area contributed by atoms with Crippen LogP contribution in [0.15, 0.2) is 30.3 Å². The average molecular weight is 258 g/mol. The molecule has 0 amide bonds. The highest BCUT2D eigenvalue weighted by atomic mass is 16.3. The Labute approximate surface area is 117 Å². The highest BCUT2D eigenvalue weighted by molar-refractivity contribution is 5.20. The Morgan fingerprint density at radius 2 is 1.47 bits per heavy atom. The Bertz CT molecular complexity index is 383. The molecule has 2 fully saturated rings. The maximum Gasteiger partial charge on any atom is 0.0676 e. The fourth-order valence-electron chi connectivity index (χ4n) is 4.22. The fraction of sp³-hybridized carbons (Fsp3) is 0.667. The molecule has 19 heavy (non-hydrogen) atoms. The van der Waals surface area contributed by atoms with E-state index in [2.05, 4.69) is 30.3 Å². The summed E-state index contributed by atoms with van der Waals surface area (Å²) in [6.07, 6.45) is 10.9. The standard InChI is InChI=1S/C18H26O/c19-18(17-9-5-2-6-10-17)13-11-16(12-14-18)15-7-3-1-4-8-15/h1,3-4,7-8,16-17,19H,2,5-6,9-14H2. The zero-order chi connectivity index (χ0) is 13.1. The first-order valence-electron chi connectivity index (χ1n) is 8.05. The van der Waals surface area contributed by atoms with Crippen molar-refractivity contribution in [2.75, 3.05) is 0 Å². The molecule has 1 aromatic rings. The predicted molar refractivity (Wildman–Crippen MR) is 79.2 cm³/mol. The zero-order valence-electron chi connectivity index (χ0n) is 11.9. The van der Waals surface area contributed by atoms with Gasteiger partial charge in [0.2, 0.25) is 0 Å². The highest BCUT2D eigenvalue weighted by Crippen LogP contribution is 2.45. The number of benzene rings is 1. The van der Waals surface area contributed by atoms with Gasteiger partial charge in [0.05, 0.1) is 5.60 Å². The van der Waals surface area contributed by atoms with E-state index in [0.717, 1.165) is 25.7 Å². The molecule has 1 N–H and O–H groups in total. The molecule has 0 spiro atoms. The van der Waals surface area contributed by atoms with E-state index in [1.54, 1.807) is 0 Å². The monoisotopic (exact) mass is 258 g/mol. The molecule has 1 aromatic carbocycles. The summed E-state index contributed by atoms with van der Waals surface area (Å²) in [5, 5.41) is 11.0. The molecule has 2 aliphatic carbocycles. The van der Waals surface area contributed by atoms with Gasteiger partial charge in [-0.1, -0.05) is 49.6 Å². The van der Waals surface area contributed by atoms with Gasteiger partial charge < -0.3 is 5.11 Å². The lowest BCUT2D eigenvalue weighted by molar-refractivity contribution is -0.0645. The second kappa shape index (κ2) is 5.66. The van der Waals surface area contributed by atoms with Crippen LogP contribution in [0.4, 0.5) is 0 Å². The van der Waals surface area contributed by atoms with Gasteiger partial charge in [0, 0.05) is 0 Å². The SMILES string of the molecule is OC1(C2CCCCC2)CCC(c2ccccc2)CC1. The maximum absolute atomic E-state index is 11.0. The first-order valence-corrected chi connectivity index (χ1v) is 8.05. The van der Waals surface area contributed by atoms with Crippen LogP contribution >= 0.6 is 0 Å². The summed E-state index contributed by atoms with van der Waals surface area (Å²) in [5.74, 6) is 1.25. The third-order valence-corrected chi connectivity index (χ3v) is 5.49. The van der Waals surface area contributed by atoms with Crippen LogP contribution in [0.25, 0.3) is 0 Å². The van der Waals surface area contributed by atoms with Crippen LogP contribution in [0.5, 0.6) is 0 Å². The van der Waals surface area contributed by atoms with E-state index < -0.39 is 0 Å². The molecule has 2 aliphatic rings. The quantitative estimate of drug-likeness (QED) is 0.818. The summed E-state index contributed by atoms with van der Waals surface area (Å²) in [5.41, 5.74) is 1.12. The molecular formula is C18H26O. The minimum Gasteiger partial charge on any atom is -0.390 e. The van der Waals surface area contributed by atoms with Gasteiger partial charge in [-0.25, -0.2) is 0 Å². The summed E-state index contributed by atoms with van der Waals surface area (Å²) in [6, 6.07) is 10.9. The number of hydrogen-bond donors (Lipinski definition) is 1. The molecule has 0 heterocycles. The molecule has 1 nitrogen and oxygen atoms in total. The minimum atomic E-state index is -0.342. The van der Waals surface area contributed by atoms with E-state index in [1.165, 1.54) is 37.7 Å². The van der Waals surface area contributed by atoms with Gasteiger partial charge in [0.1, 0.15) is 0 Å². The summed E-state index contributed by atoms with van der Waals surface area (Å²) in [7, 11) is 0. The number of rotatable bonds is 2. The van der Waals surface area contributed by atoms with Crippen molar-refractivity contribution < 1.29 is 5.11 Å². The van der Waals surface area contributed by atoms with E-state index in [4.69, 9.17) is 0 Å². The lowest BCUT2D eigenvalue weighted by Crippen LogP contribution is -2.42. The molecule has 0 bridgehead atoms. The molecule has 1 heteroatoms. The Morgan fingerprint density at radius 1 is 0.842 bits per heavy atom. The molecule has 0 atom stereocenters. The van der Waals surface area contributed by atoms with Crippen LogP contribution < -0.4 is 0 Å². The Hall–Kier alpha value is -0.820. The molecule has 2 saturated carbocycles. The molecule has 0 unspecified atom stereocenters. The van der Waals surface area contributed by atoms with Crippen LogP contribution in [0.1, 0.15) is 69.3 Å². The van der Waals surface area contributed by atoms with Gasteiger partial charge in [-0.15, -0.1) is 0 Å². The third-order valence-electron chi connectivity index (χ3n) is 5.49. The summed E-state index contributed by atoms with van der Waals surface area (Å²) >= 11 is 0. The normalized spacial score (nSPS) is 33.2. The highest BCUT2D eigenvalue weighted by Gasteiger charge is 2.40. The lowest BCUT2D eigenvalue weighted by atomic mass is 9.67. The van der Waals surface area contributed by atoms with Crippen molar-refractivity contribution in [2.24, 2.45) is 5.92 Å². The molecule has 3 rings (SSSR count). The molecule has 0 aliphatic heterocycles. The van der Waals surface area contributed by atoms with Gasteiger partial charge in [-0.2, -0.15) is 0 Å². The fourth-order valence-corrected chi connectivity index (χ4v) is 4.22. The van der Waals surface area contributed by atoms with Crippen molar-refractivity contribution in [3.05, 3.63) is 35.9 Å². The summed E-state index contributed by atoms with van der Waals surface area (Å²) in [6.45, 7) is 0. The van der Waals surface area contributed by atoms with Crippen LogP contribution in [0.2, 0.25) is 0 Å². The minimum absolute atomic E-state index is 0.342. The molecule has 0 aromatic heterocycles. The van der Waals surface area contributed by atoms with Gasteiger partial charge in [-0.05, 0) is 55.9 Å². The van der Waals surface area contributed by atoms with Crippen LogP contribution in [0, 0.1) is 5.92 Å². The Morgan fingerprint density at radius 3 is 2.11 bits per heavy atom. The van der Waals surface area contributed by atoms with Gasteiger partial charge in [0.15, 0.2) is 0 Å². The second-order valence-electron chi connectivity index (χ2n) is 6.62. The third kappa shape index (κ3) is 2.86. The van der Waals surface area contributed by atoms with Crippen LogP contribution in [-0.2, 0) is 0 Å². The largest absolute Gasteiger partial charge is 0.390 e. The maximum atomic E-state index is 11.0. The average Bonchev–Trinajstić information content (AvgIpc) is 2.50. The van der Waals surface area contributed by atoms with Gasteiger partial charge in [0.25, 0.3) is 0 Å². The zero-order valence-corrected chi connectivity index (χ0v) is 11.9. The van der Waals surface area contributed by atoms with Crippen LogP contribution in [0.3, 0.4) is 0 Å². The van der Waals surface area contributed by atoms with Gasteiger partial charge in [-0.3, -0.25) is 0 Å². The van der Waals surface area contributed by atoms with Crippen molar-refractivity contribution in [2.45, 2.75) is 69.3 Å². The number of aliphatic hydroxyl groups is 1. The van der Waals surface area contributed by atoms with Crippen molar-refractivity contribution in [3.63, 3.8) is 0 Å². The van der Waals surface area contributed by atoms with E-state index >= 15 is 0 Å². The summed E-state index contributed by atoms with van der Waals surface area (Å²) in [4.78, 5) is 0. The van der Waals surface area contributed by atoms with Crippen molar-refractivity contribution in [1.82, 2.24) is 0 Å². The predicted octanol–water partition coefficient (Wildman–Crippen LogP) is 4.66. The molecule has 0 saturated heterocycles. The Balaban J connectivity index is 1.62. The number of hydrogen-bond acceptors (Lipinski definition) is 1. The van der Waals surface area contributed by atoms with Crippen molar-refractivity contribution in [3.8, 4) is 0 Å². The van der Waals surface area contributed by atoms with E-state index in [-0.39, 0.29) is 5.60 Å². The van der Waals surface area contributed by atoms with Gasteiger partial charge >= 0.3 is 0 Å². The first-order chi connectivity index (χ1) is 9.28. The van der Waals surface area contributed by atoms with E-state index in [0.29, 0.717) is 11.8 Å². The van der Waals surface area contributed by atoms with E-state index in [9.17, 15) is 5.11 Å². The summed E-state index contributed by atoms with van der Waals surface area (Å²) < 4.78 is 0. The lowest BCUT2D eigenvalue weighted by Gasteiger charge is -2.43. The molecular weight excluding hydrogens is 232 g/mol.